The third-order valence-corrected chi connectivity index (χ3v) is 7.18. The Morgan fingerprint density at radius 2 is 1.85 bits per heavy atom. The van der Waals surface area contributed by atoms with Crippen LogP contribution in [0.1, 0.15) is 20.7 Å². The molecule has 7 nitrogen and oxygen atoms in total. The van der Waals surface area contributed by atoms with Crippen LogP contribution in [0, 0.1) is 0 Å². The van der Waals surface area contributed by atoms with E-state index in [1.54, 1.807) is 40.9 Å². The van der Waals surface area contributed by atoms with Crippen molar-refractivity contribution in [2.24, 2.45) is 0 Å². The van der Waals surface area contributed by atoms with Gasteiger partial charge in [0.1, 0.15) is 0 Å². The number of methoxy groups -OCH3 is 1. The van der Waals surface area contributed by atoms with E-state index < -0.39 is 5.97 Å². The van der Waals surface area contributed by atoms with Gasteiger partial charge in [0.05, 0.1) is 36.1 Å². The first-order valence-corrected chi connectivity index (χ1v) is 12.4. The summed E-state index contributed by atoms with van der Waals surface area (Å²) in [6, 6.07) is 12.6. The van der Waals surface area contributed by atoms with Crippen LogP contribution in [0.3, 0.4) is 0 Å². The molecule has 3 aromatic rings. The minimum atomic E-state index is -0.427. The summed E-state index contributed by atoms with van der Waals surface area (Å²) in [5.41, 5.74) is 1.84. The summed E-state index contributed by atoms with van der Waals surface area (Å²) in [6.45, 7) is 4.38. The van der Waals surface area contributed by atoms with E-state index in [2.05, 4.69) is 4.90 Å². The van der Waals surface area contributed by atoms with Gasteiger partial charge >= 0.3 is 5.97 Å². The SMILES string of the molecule is COC(=O)c1ccc(C(=O)N(CCN2CCOCC2)c2nc3c(SC)cccc3s2)cc1.Cl. The van der Waals surface area contributed by atoms with Gasteiger partial charge < -0.3 is 9.47 Å². The molecule has 176 valence electrons. The van der Waals surface area contributed by atoms with Gasteiger partial charge in [-0.1, -0.05) is 17.4 Å². The average Bonchev–Trinajstić information content (AvgIpc) is 3.28. The zero-order valence-corrected chi connectivity index (χ0v) is 20.9. The van der Waals surface area contributed by atoms with Crippen molar-refractivity contribution in [2.75, 3.05) is 57.7 Å². The maximum atomic E-state index is 13.5. The molecule has 0 spiro atoms. The molecule has 1 fully saturated rings. The molecule has 1 aliphatic rings. The van der Waals surface area contributed by atoms with Crippen LogP contribution >= 0.6 is 35.5 Å². The number of thioether (sulfide) groups is 1. The number of amides is 1. The van der Waals surface area contributed by atoms with E-state index in [1.165, 1.54) is 18.4 Å². The van der Waals surface area contributed by atoms with Crippen LogP contribution in [0.5, 0.6) is 0 Å². The Bertz CT molecular complexity index is 1100. The van der Waals surface area contributed by atoms with Gasteiger partial charge in [0.2, 0.25) is 0 Å². The molecule has 0 radical (unpaired) electrons. The summed E-state index contributed by atoms with van der Waals surface area (Å²) >= 11 is 3.16. The molecule has 0 bridgehead atoms. The highest BCUT2D eigenvalue weighted by molar-refractivity contribution is 7.98. The number of nitrogens with zero attached hydrogens (tertiary/aromatic N) is 3. The Kier molecular flexibility index (Phi) is 9.10. The highest BCUT2D eigenvalue weighted by atomic mass is 35.5. The van der Waals surface area contributed by atoms with Crippen LogP contribution in [0.25, 0.3) is 10.2 Å². The van der Waals surface area contributed by atoms with Gasteiger partial charge in [0, 0.05) is 36.6 Å². The predicted octanol–water partition coefficient (Wildman–Crippen LogP) is 4.21. The van der Waals surface area contributed by atoms with Crippen molar-refractivity contribution in [3.8, 4) is 0 Å². The Hall–Kier alpha value is -2.17. The smallest absolute Gasteiger partial charge is 0.337 e. The molecule has 2 aromatic carbocycles. The summed E-state index contributed by atoms with van der Waals surface area (Å²) in [5, 5.41) is 0.678. The van der Waals surface area contributed by atoms with E-state index in [-0.39, 0.29) is 18.3 Å². The fourth-order valence-electron chi connectivity index (χ4n) is 3.56. The second kappa shape index (κ2) is 11.8. The summed E-state index contributed by atoms with van der Waals surface area (Å²) in [5.74, 6) is -0.566. The molecule has 33 heavy (non-hydrogen) atoms. The van der Waals surface area contributed by atoms with Crippen LogP contribution in [0.2, 0.25) is 0 Å². The fraction of sp³-hybridized carbons (Fsp3) is 0.348. The van der Waals surface area contributed by atoms with Crippen molar-refractivity contribution in [1.82, 2.24) is 9.88 Å². The van der Waals surface area contributed by atoms with Gasteiger partial charge in [-0.2, -0.15) is 0 Å². The lowest BCUT2D eigenvalue weighted by Crippen LogP contribution is -2.43. The van der Waals surface area contributed by atoms with Crippen molar-refractivity contribution < 1.29 is 19.1 Å². The second-order valence-corrected chi connectivity index (χ2v) is 9.14. The van der Waals surface area contributed by atoms with Crippen molar-refractivity contribution in [3.05, 3.63) is 53.6 Å². The number of carbonyl (C=O) groups is 2. The lowest BCUT2D eigenvalue weighted by molar-refractivity contribution is 0.0391. The van der Waals surface area contributed by atoms with Crippen molar-refractivity contribution >= 4 is 62.7 Å². The number of fused-ring (bicyclic) bond motifs is 1. The van der Waals surface area contributed by atoms with Crippen LogP contribution in [0.4, 0.5) is 5.13 Å². The zero-order valence-electron chi connectivity index (χ0n) is 18.5. The number of para-hydroxylation sites is 1. The second-order valence-electron chi connectivity index (χ2n) is 7.28. The lowest BCUT2D eigenvalue weighted by Gasteiger charge is -2.29. The van der Waals surface area contributed by atoms with Gasteiger partial charge in [-0.3, -0.25) is 14.6 Å². The van der Waals surface area contributed by atoms with Gasteiger partial charge in [0.25, 0.3) is 5.91 Å². The summed E-state index contributed by atoms with van der Waals surface area (Å²) in [7, 11) is 1.34. The molecule has 0 unspecified atom stereocenters. The van der Waals surface area contributed by atoms with Crippen LogP contribution < -0.4 is 4.90 Å². The molecule has 1 amide bonds. The number of rotatable bonds is 7. The molecule has 1 aromatic heterocycles. The fourth-order valence-corrected chi connectivity index (χ4v) is 5.21. The monoisotopic (exact) mass is 507 g/mol. The first-order valence-electron chi connectivity index (χ1n) is 10.3. The largest absolute Gasteiger partial charge is 0.465 e. The summed E-state index contributed by atoms with van der Waals surface area (Å²) in [6.07, 6.45) is 2.03. The number of anilines is 1. The van der Waals surface area contributed by atoms with E-state index in [1.807, 2.05) is 24.5 Å². The molecule has 0 N–H and O–H groups in total. The number of thiazole rings is 1. The van der Waals surface area contributed by atoms with Gasteiger partial charge in [-0.25, -0.2) is 9.78 Å². The van der Waals surface area contributed by atoms with E-state index in [9.17, 15) is 9.59 Å². The third kappa shape index (κ3) is 5.85. The first-order chi connectivity index (χ1) is 15.6. The Labute approximate surface area is 207 Å². The Balaban J connectivity index is 0.00000306. The molecular weight excluding hydrogens is 482 g/mol. The topological polar surface area (TPSA) is 72.0 Å². The van der Waals surface area contributed by atoms with E-state index >= 15 is 0 Å². The maximum Gasteiger partial charge on any atom is 0.337 e. The number of carbonyl (C=O) groups excluding carboxylic acids is 2. The van der Waals surface area contributed by atoms with Crippen LogP contribution in [-0.4, -0.2) is 74.5 Å². The molecule has 2 heterocycles. The Morgan fingerprint density at radius 1 is 1.15 bits per heavy atom. The quantitative estimate of drug-likeness (QED) is 0.350. The molecule has 0 saturated carbocycles. The molecule has 0 aliphatic carbocycles. The summed E-state index contributed by atoms with van der Waals surface area (Å²) in [4.78, 5) is 35.2. The molecule has 4 rings (SSSR count). The van der Waals surface area contributed by atoms with Crippen molar-refractivity contribution in [2.45, 2.75) is 4.90 Å². The number of halogens is 1. The first kappa shape index (κ1) is 25.5. The number of morpholine rings is 1. The third-order valence-electron chi connectivity index (χ3n) is 5.36. The minimum Gasteiger partial charge on any atom is -0.465 e. The number of benzene rings is 2. The lowest BCUT2D eigenvalue weighted by atomic mass is 10.1. The van der Waals surface area contributed by atoms with Crippen LogP contribution in [0.15, 0.2) is 47.4 Å². The van der Waals surface area contributed by atoms with Crippen LogP contribution in [-0.2, 0) is 9.47 Å². The van der Waals surface area contributed by atoms with Gasteiger partial charge in [-0.05, 0) is 42.7 Å². The maximum absolute atomic E-state index is 13.5. The predicted molar refractivity (Wildman–Crippen MR) is 135 cm³/mol. The molecule has 0 atom stereocenters. The zero-order chi connectivity index (χ0) is 22.5. The van der Waals surface area contributed by atoms with Gasteiger partial charge in [0.15, 0.2) is 5.13 Å². The minimum absolute atomic E-state index is 0. The molecule has 10 heteroatoms. The molecule has 1 saturated heterocycles. The number of ether oxygens (including phenoxy) is 2. The summed E-state index contributed by atoms with van der Waals surface area (Å²) < 4.78 is 11.2. The standard InChI is InChI=1S/C23H25N3O4S2.ClH/c1-29-22(28)17-8-6-16(7-9-17)21(27)26(11-10-25-12-14-30-15-13-25)23-24-20-18(31-2)4-3-5-19(20)32-23;/h3-9H,10-15H2,1-2H3;1H. The number of hydrogen-bond donors (Lipinski definition) is 0. The van der Waals surface area contributed by atoms with Gasteiger partial charge in [-0.15, -0.1) is 24.2 Å². The Morgan fingerprint density at radius 3 is 2.52 bits per heavy atom. The number of aromatic nitrogens is 1. The van der Waals surface area contributed by atoms with E-state index in [0.29, 0.717) is 36.0 Å². The molecular formula is C23H26ClN3O4S2. The van der Waals surface area contributed by atoms with Crippen molar-refractivity contribution in [3.63, 3.8) is 0 Å². The highest BCUT2D eigenvalue weighted by Crippen LogP contribution is 2.34. The number of esters is 1. The van der Waals surface area contributed by atoms with E-state index in [4.69, 9.17) is 14.5 Å². The van der Waals surface area contributed by atoms with Crippen molar-refractivity contribution in [1.29, 1.82) is 0 Å². The molecule has 1 aliphatic heterocycles. The normalized spacial score (nSPS) is 14.0. The number of hydrogen-bond acceptors (Lipinski definition) is 8. The van der Waals surface area contributed by atoms with E-state index in [0.717, 1.165) is 34.7 Å². The highest BCUT2D eigenvalue weighted by Gasteiger charge is 2.23. The average molecular weight is 508 g/mol.